The zero-order chi connectivity index (χ0) is 14.5. The molecule has 2 rings (SSSR count). The first-order chi connectivity index (χ1) is 9.61. The minimum Gasteiger partial charge on any atom is -0.309 e. The van der Waals surface area contributed by atoms with Crippen molar-refractivity contribution in [2.45, 2.75) is 19.4 Å². The summed E-state index contributed by atoms with van der Waals surface area (Å²) in [4.78, 5) is 4.40. The first kappa shape index (κ1) is 15.4. The molecule has 0 aliphatic rings. The molecule has 0 aliphatic heterocycles. The van der Waals surface area contributed by atoms with E-state index in [0.29, 0.717) is 6.42 Å². The third kappa shape index (κ3) is 3.78. The molecular formula is C15H15BrClFN2. The molecule has 1 atom stereocenters. The number of benzene rings is 1. The standard InChI is InChI=1S/C15H15BrClFN2/c1-2-19-14(15-11(16)4-3-7-20-15)9-10-5-6-12(17)13(18)8-10/h3-8,14,19H,2,9H2,1H3. The molecule has 106 valence electrons. The summed E-state index contributed by atoms with van der Waals surface area (Å²) in [5, 5.41) is 3.52. The molecule has 0 amide bonds. The van der Waals surface area contributed by atoms with Crippen LogP contribution in [-0.4, -0.2) is 11.5 Å². The lowest BCUT2D eigenvalue weighted by molar-refractivity contribution is 0.532. The average molecular weight is 358 g/mol. The molecular weight excluding hydrogens is 343 g/mol. The third-order valence-corrected chi connectivity index (χ3v) is 3.97. The number of hydrogen-bond donors (Lipinski definition) is 1. The summed E-state index contributed by atoms with van der Waals surface area (Å²) >= 11 is 9.22. The highest BCUT2D eigenvalue weighted by atomic mass is 79.9. The first-order valence-electron chi connectivity index (χ1n) is 6.39. The van der Waals surface area contributed by atoms with E-state index in [1.807, 2.05) is 25.1 Å². The zero-order valence-electron chi connectivity index (χ0n) is 11.0. The van der Waals surface area contributed by atoms with E-state index >= 15 is 0 Å². The lowest BCUT2D eigenvalue weighted by atomic mass is 10.0. The van der Waals surface area contributed by atoms with Gasteiger partial charge in [-0.2, -0.15) is 0 Å². The summed E-state index contributed by atoms with van der Waals surface area (Å²) < 4.78 is 14.5. The molecule has 2 nitrogen and oxygen atoms in total. The maximum absolute atomic E-state index is 13.5. The number of halogens is 3. The SMILES string of the molecule is CCNC(Cc1ccc(Cl)c(F)c1)c1ncccc1Br. The summed E-state index contributed by atoms with van der Waals surface area (Å²) in [6.45, 7) is 2.84. The number of hydrogen-bond acceptors (Lipinski definition) is 2. The van der Waals surface area contributed by atoms with E-state index in [4.69, 9.17) is 11.6 Å². The van der Waals surface area contributed by atoms with Gasteiger partial charge in [-0.1, -0.05) is 24.6 Å². The summed E-state index contributed by atoms with van der Waals surface area (Å²) in [6.07, 6.45) is 2.41. The highest BCUT2D eigenvalue weighted by Crippen LogP contribution is 2.25. The van der Waals surface area contributed by atoms with Gasteiger partial charge in [0, 0.05) is 10.7 Å². The molecule has 0 radical (unpaired) electrons. The van der Waals surface area contributed by atoms with Gasteiger partial charge in [0.05, 0.1) is 16.8 Å². The lowest BCUT2D eigenvalue weighted by Gasteiger charge is -2.19. The molecule has 0 fully saturated rings. The quantitative estimate of drug-likeness (QED) is 0.850. The van der Waals surface area contributed by atoms with Crippen molar-refractivity contribution in [1.29, 1.82) is 0 Å². The molecule has 1 unspecified atom stereocenters. The highest BCUT2D eigenvalue weighted by molar-refractivity contribution is 9.10. The smallest absolute Gasteiger partial charge is 0.142 e. The number of pyridine rings is 1. The Hall–Kier alpha value is -0.970. The van der Waals surface area contributed by atoms with Crippen LogP contribution in [0.15, 0.2) is 41.0 Å². The van der Waals surface area contributed by atoms with Crippen LogP contribution < -0.4 is 5.32 Å². The Kier molecular flexibility index (Phi) is 5.52. The Morgan fingerprint density at radius 3 is 2.85 bits per heavy atom. The molecule has 2 aromatic rings. The van der Waals surface area contributed by atoms with E-state index in [1.54, 1.807) is 12.3 Å². The van der Waals surface area contributed by atoms with Crippen LogP contribution in [0.25, 0.3) is 0 Å². The van der Waals surface area contributed by atoms with Gasteiger partial charge in [0.1, 0.15) is 5.82 Å². The van der Waals surface area contributed by atoms with E-state index in [-0.39, 0.29) is 16.9 Å². The Balaban J connectivity index is 2.25. The van der Waals surface area contributed by atoms with Crippen LogP contribution in [0, 0.1) is 5.82 Å². The molecule has 1 heterocycles. The largest absolute Gasteiger partial charge is 0.309 e. The van der Waals surface area contributed by atoms with Crippen LogP contribution >= 0.6 is 27.5 Å². The normalized spacial score (nSPS) is 12.4. The number of nitrogens with zero attached hydrogens (tertiary/aromatic N) is 1. The predicted molar refractivity (Wildman–Crippen MR) is 83.5 cm³/mol. The van der Waals surface area contributed by atoms with Crippen molar-refractivity contribution in [2.75, 3.05) is 6.54 Å². The third-order valence-electron chi connectivity index (χ3n) is 2.99. The summed E-state index contributed by atoms with van der Waals surface area (Å²) in [5.41, 5.74) is 1.81. The van der Waals surface area contributed by atoms with Gasteiger partial charge in [-0.15, -0.1) is 0 Å². The molecule has 0 saturated carbocycles. The molecule has 0 spiro atoms. The van der Waals surface area contributed by atoms with Gasteiger partial charge in [0.25, 0.3) is 0 Å². The Bertz CT molecular complexity index is 592. The average Bonchev–Trinajstić information content (AvgIpc) is 2.43. The second kappa shape index (κ2) is 7.16. The number of nitrogens with one attached hydrogen (secondary N) is 1. The summed E-state index contributed by atoms with van der Waals surface area (Å²) in [5.74, 6) is -0.389. The topological polar surface area (TPSA) is 24.9 Å². The van der Waals surface area contributed by atoms with Gasteiger partial charge in [0.15, 0.2) is 0 Å². The lowest BCUT2D eigenvalue weighted by Crippen LogP contribution is -2.24. The molecule has 0 saturated heterocycles. The van der Waals surface area contributed by atoms with E-state index in [1.165, 1.54) is 6.07 Å². The van der Waals surface area contributed by atoms with Crippen LogP contribution in [-0.2, 0) is 6.42 Å². The molecule has 0 bridgehead atoms. The van der Waals surface area contributed by atoms with Gasteiger partial charge < -0.3 is 5.32 Å². The van der Waals surface area contributed by atoms with Gasteiger partial charge in [0.2, 0.25) is 0 Å². The fraction of sp³-hybridized carbons (Fsp3) is 0.267. The molecule has 20 heavy (non-hydrogen) atoms. The van der Waals surface area contributed by atoms with E-state index in [2.05, 4.69) is 26.2 Å². The fourth-order valence-electron chi connectivity index (χ4n) is 2.07. The van der Waals surface area contributed by atoms with Crippen LogP contribution in [0.5, 0.6) is 0 Å². The first-order valence-corrected chi connectivity index (χ1v) is 7.56. The van der Waals surface area contributed by atoms with E-state index < -0.39 is 0 Å². The van der Waals surface area contributed by atoms with Crippen molar-refractivity contribution in [2.24, 2.45) is 0 Å². The molecule has 5 heteroatoms. The monoisotopic (exact) mass is 356 g/mol. The number of rotatable bonds is 5. The summed E-state index contributed by atoms with van der Waals surface area (Å²) in [7, 11) is 0. The van der Waals surface area contributed by atoms with Crippen molar-refractivity contribution < 1.29 is 4.39 Å². The molecule has 1 aromatic carbocycles. The van der Waals surface area contributed by atoms with Crippen LogP contribution in [0.4, 0.5) is 4.39 Å². The van der Waals surface area contributed by atoms with Crippen molar-refractivity contribution in [1.82, 2.24) is 10.3 Å². The number of likely N-dealkylation sites (N-methyl/N-ethyl adjacent to an activating group) is 1. The molecule has 1 N–H and O–H groups in total. The van der Waals surface area contributed by atoms with Gasteiger partial charge in [-0.3, -0.25) is 4.98 Å². The number of aromatic nitrogens is 1. The van der Waals surface area contributed by atoms with Crippen LogP contribution in [0.3, 0.4) is 0 Å². The van der Waals surface area contributed by atoms with E-state index in [9.17, 15) is 4.39 Å². The van der Waals surface area contributed by atoms with Gasteiger partial charge in [-0.25, -0.2) is 4.39 Å². The zero-order valence-corrected chi connectivity index (χ0v) is 13.4. The van der Waals surface area contributed by atoms with Crippen molar-refractivity contribution >= 4 is 27.5 Å². The minimum absolute atomic E-state index is 0.0242. The maximum atomic E-state index is 13.5. The fourth-order valence-corrected chi connectivity index (χ4v) is 2.72. The van der Waals surface area contributed by atoms with Crippen LogP contribution in [0.1, 0.15) is 24.2 Å². The second-order valence-electron chi connectivity index (χ2n) is 4.43. The van der Waals surface area contributed by atoms with E-state index in [0.717, 1.165) is 22.3 Å². The van der Waals surface area contributed by atoms with Crippen molar-refractivity contribution in [3.8, 4) is 0 Å². The Morgan fingerprint density at radius 2 is 2.20 bits per heavy atom. The second-order valence-corrected chi connectivity index (χ2v) is 5.69. The maximum Gasteiger partial charge on any atom is 0.142 e. The van der Waals surface area contributed by atoms with Crippen LogP contribution in [0.2, 0.25) is 5.02 Å². The molecule has 1 aromatic heterocycles. The van der Waals surface area contributed by atoms with Crippen molar-refractivity contribution in [3.63, 3.8) is 0 Å². The summed E-state index contributed by atoms with van der Waals surface area (Å²) in [6, 6.07) is 8.75. The Morgan fingerprint density at radius 1 is 1.40 bits per heavy atom. The van der Waals surface area contributed by atoms with Crippen molar-refractivity contribution in [3.05, 3.63) is 63.1 Å². The minimum atomic E-state index is -0.389. The Labute approximate surface area is 131 Å². The predicted octanol–water partition coefficient (Wildman–Crippen LogP) is 4.53. The van der Waals surface area contributed by atoms with Gasteiger partial charge in [-0.05, 0) is 58.7 Å². The highest BCUT2D eigenvalue weighted by Gasteiger charge is 2.16. The molecule has 0 aliphatic carbocycles. The van der Waals surface area contributed by atoms with Gasteiger partial charge >= 0.3 is 0 Å².